The quantitative estimate of drug-likeness (QED) is 0.750. The molecule has 110 valence electrons. The van der Waals surface area contributed by atoms with Crippen molar-refractivity contribution in [2.45, 2.75) is 20.8 Å². The molecule has 0 saturated heterocycles. The molecule has 0 bridgehead atoms. The van der Waals surface area contributed by atoms with E-state index in [0.717, 1.165) is 17.1 Å². The monoisotopic (exact) mass is 282 g/mol. The van der Waals surface area contributed by atoms with Crippen molar-refractivity contribution >= 4 is 12.2 Å². The van der Waals surface area contributed by atoms with Crippen LogP contribution in [-0.2, 0) is 0 Å². The Balaban J connectivity index is 2.38. The maximum Gasteiger partial charge on any atom is 0.129 e. The first kappa shape index (κ1) is 15.2. The normalized spacial score (nSPS) is 10.9. The molecular formula is C19H22O2. The van der Waals surface area contributed by atoms with Gasteiger partial charge in [-0.05, 0) is 49.6 Å². The second kappa shape index (κ2) is 6.49. The fraction of sp³-hybridized carbons (Fsp3) is 0.263. The summed E-state index contributed by atoms with van der Waals surface area (Å²) < 4.78 is 10.6. The van der Waals surface area contributed by atoms with Gasteiger partial charge in [0, 0.05) is 11.6 Å². The van der Waals surface area contributed by atoms with Gasteiger partial charge < -0.3 is 9.47 Å². The lowest BCUT2D eigenvalue weighted by atomic mass is 9.99. The number of ether oxygens (including phenoxy) is 2. The van der Waals surface area contributed by atoms with Gasteiger partial charge >= 0.3 is 0 Å². The lowest BCUT2D eigenvalue weighted by Crippen LogP contribution is -1.90. The van der Waals surface area contributed by atoms with Crippen LogP contribution in [0.1, 0.15) is 27.8 Å². The van der Waals surface area contributed by atoms with Crippen molar-refractivity contribution in [1.82, 2.24) is 0 Å². The maximum absolute atomic E-state index is 5.42. The second-order valence-electron chi connectivity index (χ2n) is 5.25. The Kier molecular flexibility index (Phi) is 4.69. The van der Waals surface area contributed by atoms with E-state index in [1.165, 1.54) is 22.3 Å². The minimum Gasteiger partial charge on any atom is -0.497 e. The van der Waals surface area contributed by atoms with E-state index < -0.39 is 0 Å². The first-order chi connectivity index (χ1) is 10.0. The van der Waals surface area contributed by atoms with Crippen LogP contribution in [0.4, 0.5) is 0 Å². The molecular weight excluding hydrogens is 260 g/mol. The van der Waals surface area contributed by atoms with Gasteiger partial charge in [0.05, 0.1) is 14.2 Å². The largest absolute Gasteiger partial charge is 0.497 e. The molecule has 2 aromatic rings. The van der Waals surface area contributed by atoms with Crippen LogP contribution in [0.15, 0.2) is 30.3 Å². The molecule has 2 rings (SSSR count). The van der Waals surface area contributed by atoms with Crippen molar-refractivity contribution < 1.29 is 9.47 Å². The summed E-state index contributed by atoms with van der Waals surface area (Å²) >= 11 is 0. The van der Waals surface area contributed by atoms with Gasteiger partial charge in [-0.1, -0.05) is 29.8 Å². The molecule has 0 heterocycles. The van der Waals surface area contributed by atoms with E-state index in [1.54, 1.807) is 14.2 Å². The molecule has 0 N–H and O–H groups in total. The van der Waals surface area contributed by atoms with E-state index >= 15 is 0 Å². The summed E-state index contributed by atoms with van der Waals surface area (Å²) in [6.07, 6.45) is 4.23. The standard InChI is InChI=1S/C19H22O2/c1-13-10-14(2)18(15(3)11-13)9-7-16-6-8-17(20-4)12-19(16)21-5/h6-12H,1-5H3/b9-7-. The van der Waals surface area contributed by atoms with Crippen LogP contribution >= 0.6 is 0 Å². The van der Waals surface area contributed by atoms with E-state index in [4.69, 9.17) is 9.47 Å². The van der Waals surface area contributed by atoms with E-state index in [9.17, 15) is 0 Å². The zero-order valence-electron chi connectivity index (χ0n) is 13.4. The first-order valence-corrected chi connectivity index (χ1v) is 7.03. The van der Waals surface area contributed by atoms with E-state index in [1.807, 2.05) is 18.2 Å². The van der Waals surface area contributed by atoms with E-state index in [0.29, 0.717) is 0 Å². The van der Waals surface area contributed by atoms with E-state index in [2.05, 4.69) is 45.1 Å². The van der Waals surface area contributed by atoms with Crippen LogP contribution in [0.5, 0.6) is 11.5 Å². The molecule has 0 unspecified atom stereocenters. The number of hydrogen-bond donors (Lipinski definition) is 0. The summed E-state index contributed by atoms with van der Waals surface area (Å²) in [5.41, 5.74) is 6.17. The van der Waals surface area contributed by atoms with Gasteiger partial charge in [0.25, 0.3) is 0 Å². The second-order valence-corrected chi connectivity index (χ2v) is 5.25. The summed E-state index contributed by atoms with van der Waals surface area (Å²) in [6, 6.07) is 10.3. The minimum atomic E-state index is 0.798. The average Bonchev–Trinajstić information content (AvgIpc) is 2.46. The van der Waals surface area contributed by atoms with Gasteiger partial charge in [-0.25, -0.2) is 0 Å². The van der Waals surface area contributed by atoms with Crippen LogP contribution in [-0.4, -0.2) is 14.2 Å². The summed E-state index contributed by atoms with van der Waals surface area (Å²) in [7, 11) is 3.33. The molecule has 0 atom stereocenters. The van der Waals surface area contributed by atoms with Gasteiger partial charge in [-0.3, -0.25) is 0 Å². The number of aryl methyl sites for hydroxylation is 3. The summed E-state index contributed by atoms with van der Waals surface area (Å²) in [5, 5.41) is 0. The van der Waals surface area contributed by atoms with Crippen LogP contribution in [0.3, 0.4) is 0 Å². The predicted octanol–water partition coefficient (Wildman–Crippen LogP) is 4.80. The highest BCUT2D eigenvalue weighted by Gasteiger charge is 2.04. The predicted molar refractivity (Wildman–Crippen MR) is 89.1 cm³/mol. The highest BCUT2D eigenvalue weighted by molar-refractivity contribution is 5.75. The number of benzene rings is 2. The molecule has 0 aliphatic carbocycles. The third kappa shape index (κ3) is 3.46. The molecule has 0 aliphatic heterocycles. The van der Waals surface area contributed by atoms with Crippen LogP contribution in [0.25, 0.3) is 12.2 Å². The molecule has 0 fully saturated rings. The third-order valence-electron chi connectivity index (χ3n) is 3.61. The maximum atomic E-state index is 5.42. The van der Waals surface area contributed by atoms with Crippen molar-refractivity contribution in [1.29, 1.82) is 0 Å². The Morgan fingerprint density at radius 1 is 0.810 bits per heavy atom. The number of methoxy groups -OCH3 is 2. The Labute approximate surface area is 127 Å². The van der Waals surface area contributed by atoms with Crippen molar-refractivity contribution in [2.24, 2.45) is 0 Å². The van der Waals surface area contributed by atoms with Crippen molar-refractivity contribution in [3.05, 3.63) is 58.1 Å². The molecule has 21 heavy (non-hydrogen) atoms. The van der Waals surface area contributed by atoms with Crippen molar-refractivity contribution in [3.63, 3.8) is 0 Å². The molecule has 0 amide bonds. The minimum absolute atomic E-state index is 0.798. The molecule has 0 aliphatic rings. The zero-order valence-corrected chi connectivity index (χ0v) is 13.4. The van der Waals surface area contributed by atoms with Crippen molar-refractivity contribution in [3.8, 4) is 11.5 Å². The summed E-state index contributed by atoms with van der Waals surface area (Å²) in [5.74, 6) is 1.61. The number of rotatable bonds is 4. The first-order valence-electron chi connectivity index (χ1n) is 7.03. The zero-order chi connectivity index (χ0) is 15.4. The summed E-state index contributed by atoms with van der Waals surface area (Å²) in [6.45, 7) is 6.41. The SMILES string of the molecule is COc1ccc(/C=C\c2c(C)cc(C)cc2C)c(OC)c1. The van der Waals surface area contributed by atoms with Gasteiger partial charge in [0.2, 0.25) is 0 Å². The molecule has 0 aromatic heterocycles. The van der Waals surface area contributed by atoms with Crippen LogP contribution in [0, 0.1) is 20.8 Å². The van der Waals surface area contributed by atoms with Gasteiger partial charge in [0.15, 0.2) is 0 Å². The molecule has 2 aromatic carbocycles. The van der Waals surface area contributed by atoms with E-state index in [-0.39, 0.29) is 0 Å². The van der Waals surface area contributed by atoms with Gasteiger partial charge in [-0.15, -0.1) is 0 Å². The average molecular weight is 282 g/mol. The Hall–Kier alpha value is -2.22. The smallest absolute Gasteiger partial charge is 0.129 e. The highest BCUT2D eigenvalue weighted by Crippen LogP contribution is 2.27. The lowest BCUT2D eigenvalue weighted by Gasteiger charge is -2.09. The highest BCUT2D eigenvalue weighted by atomic mass is 16.5. The molecule has 0 saturated carbocycles. The topological polar surface area (TPSA) is 18.5 Å². The molecule has 2 nitrogen and oxygen atoms in total. The Bertz CT molecular complexity index is 646. The Morgan fingerprint density at radius 2 is 1.48 bits per heavy atom. The Morgan fingerprint density at radius 3 is 2.05 bits per heavy atom. The fourth-order valence-electron chi connectivity index (χ4n) is 2.58. The lowest BCUT2D eigenvalue weighted by molar-refractivity contribution is 0.394. The van der Waals surface area contributed by atoms with Crippen LogP contribution < -0.4 is 9.47 Å². The van der Waals surface area contributed by atoms with Crippen molar-refractivity contribution in [2.75, 3.05) is 14.2 Å². The molecule has 2 heteroatoms. The number of hydrogen-bond acceptors (Lipinski definition) is 2. The molecule has 0 spiro atoms. The van der Waals surface area contributed by atoms with Gasteiger partial charge in [-0.2, -0.15) is 0 Å². The fourth-order valence-corrected chi connectivity index (χ4v) is 2.58. The third-order valence-corrected chi connectivity index (χ3v) is 3.61. The van der Waals surface area contributed by atoms with Crippen LogP contribution in [0.2, 0.25) is 0 Å². The molecule has 0 radical (unpaired) electrons. The van der Waals surface area contributed by atoms with Gasteiger partial charge in [0.1, 0.15) is 11.5 Å². The summed E-state index contributed by atoms with van der Waals surface area (Å²) in [4.78, 5) is 0.